The zero-order valence-corrected chi connectivity index (χ0v) is 10.7. The van der Waals surface area contributed by atoms with Crippen LogP contribution < -0.4 is 4.74 Å². The highest BCUT2D eigenvalue weighted by Crippen LogP contribution is 2.43. The first-order valence-corrected chi connectivity index (χ1v) is 6.18. The lowest BCUT2D eigenvalue weighted by Crippen LogP contribution is -2.49. The van der Waals surface area contributed by atoms with Gasteiger partial charge in [0, 0.05) is 5.56 Å². The van der Waals surface area contributed by atoms with Crippen LogP contribution in [-0.4, -0.2) is 32.0 Å². The van der Waals surface area contributed by atoms with Crippen molar-refractivity contribution in [2.45, 2.75) is 11.9 Å². The molecule has 0 bridgehead atoms. The zero-order chi connectivity index (χ0) is 15.2. The highest BCUT2D eigenvalue weighted by atomic mass is 16.6. The van der Waals surface area contributed by atoms with Crippen molar-refractivity contribution in [1.82, 2.24) is 0 Å². The van der Waals surface area contributed by atoms with Gasteiger partial charge in [-0.1, -0.05) is 18.2 Å². The molecule has 0 aromatic heterocycles. The molecule has 1 atom stereocenters. The van der Waals surface area contributed by atoms with Crippen molar-refractivity contribution in [2.75, 3.05) is 0 Å². The molecule has 1 aliphatic rings. The van der Waals surface area contributed by atoms with Crippen LogP contribution in [-0.2, 0) is 0 Å². The molecule has 2 aromatic rings. The number of carbonyl (C=O) groups excluding carboxylic acids is 1. The standard InChI is InChI=1S/C15H12O6/c16-9-4-1-3-8(7-9)14-15(19,20)13(18)12-10(17)5-2-6-11(12)21-14/h1-7,14,16-17,19-20H. The van der Waals surface area contributed by atoms with Crippen LogP contribution in [0.25, 0.3) is 0 Å². The van der Waals surface area contributed by atoms with Crippen LogP contribution in [0.5, 0.6) is 17.2 Å². The van der Waals surface area contributed by atoms with E-state index in [2.05, 4.69) is 0 Å². The fourth-order valence-electron chi connectivity index (χ4n) is 2.35. The minimum absolute atomic E-state index is 0.0482. The molecule has 1 unspecified atom stereocenters. The van der Waals surface area contributed by atoms with E-state index >= 15 is 0 Å². The molecule has 6 nitrogen and oxygen atoms in total. The summed E-state index contributed by atoms with van der Waals surface area (Å²) in [5.74, 6) is -4.35. The van der Waals surface area contributed by atoms with Gasteiger partial charge in [-0.15, -0.1) is 0 Å². The number of aromatic hydroxyl groups is 2. The monoisotopic (exact) mass is 288 g/mol. The molecule has 1 aliphatic heterocycles. The SMILES string of the molecule is O=C1c2c(O)cccc2OC(c2cccc(O)c2)C1(O)O. The second-order valence-electron chi connectivity index (χ2n) is 4.80. The van der Waals surface area contributed by atoms with Gasteiger partial charge < -0.3 is 25.2 Å². The maximum atomic E-state index is 12.2. The molecule has 0 spiro atoms. The number of fused-ring (bicyclic) bond motifs is 1. The number of aliphatic hydroxyl groups is 2. The molecule has 108 valence electrons. The number of phenolic OH excluding ortho intramolecular Hbond substituents is 2. The Labute approximate surface area is 119 Å². The van der Waals surface area contributed by atoms with E-state index in [1.54, 1.807) is 0 Å². The van der Waals surface area contributed by atoms with Gasteiger partial charge in [-0.2, -0.15) is 0 Å². The summed E-state index contributed by atoms with van der Waals surface area (Å²) < 4.78 is 5.45. The lowest BCUT2D eigenvalue weighted by atomic mass is 9.90. The van der Waals surface area contributed by atoms with Gasteiger partial charge in [-0.05, 0) is 24.3 Å². The summed E-state index contributed by atoms with van der Waals surface area (Å²) in [5.41, 5.74) is -0.0544. The van der Waals surface area contributed by atoms with Crippen LogP contribution in [0.15, 0.2) is 42.5 Å². The average Bonchev–Trinajstić information content (AvgIpc) is 2.43. The zero-order valence-electron chi connectivity index (χ0n) is 10.7. The molecule has 0 aliphatic carbocycles. The number of ether oxygens (including phenoxy) is 1. The normalized spacial score (nSPS) is 19.7. The number of ketones is 1. The van der Waals surface area contributed by atoms with Crippen LogP contribution >= 0.6 is 0 Å². The van der Waals surface area contributed by atoms with Crippen LogP contribution in [0.2, 0.25) is 0 Å². The number of hydrogen-bond acceptors (Lipinski definition) is 6. The molecule has 1 heterocycles. The van der Waals surface area contributed by atoms with Gasteiger partial charge in [-0.25, -0.2) is 0 Å². The van der Waals surface area contributed by atoms with Gasteiger partial charge in [0.05, 0.1) is 0 Å². The van der Waals surface area contributed by atoms with E-state index in [0.29, 0.717) is 0 Å². The van der Waals surface area contributed by atoms with Crippen LogP contribution in [0, 0.1) is 0 Å². The molecule has 6 heteroatoms. The molecule has 0 radical (unpaired) electrons. The van der Waals surface area contributed by atoms with Gasteiger partial charge >= 0.3 is 0 Å². The third kappa shape index (κ3) is 2.01. The van der Waals surface area contributed by atoms with Crippen molar-refractivity contribution in [2.24, 2.45) is 0 Å². The maximum absolute atomic E-state index is 12.2. The molecule has 2 aromatic carbocycles. The number of carbonyl (C=O) groups is 1. The summed E-state index contributed by atoms with van der Waals surface area (Å²) in [6.45, 7) is 0. The lowest BCUT2D eigenvalue weighted by Gasteiger charge is -2.35. The fraction of sp³-hybridized carbons (Fsp3) is 0.133. The van der Waals surface area contributed by atoms with Gasteiger partial charge in [0.15, 0.2) is 6.10 Å². The molecule has 0 saturated carbocycles. The molecule has 0 saturated heterocycles. The Morgan fingerprint density at radius 1 is 1.05 bits per heavy atom. The Bertz CT molecular complexity index is 722. The topological polar surface area (TPSA) is 107 Å². The third-order valence-electron chi connectivity index (χ3n) is 3.35. The maximum Gasteiger partial charge on any atom is 0.271 e. The Balaban J connectivity index is 2.15. The number of hydrogen-bond donors (Lipinski definition) is 4. The summed E-state index contributed by atoms with van der Waals surface area (Å²) >= 11 is 0. The van der Waals surface area contributed by atoms with E-state index in [9.17, 15) is 25.2 Å². The summed E-state index contributed by atoms with van der Waals surface area (Å²) in [4.78, 5) is 12.2. The second-order valence-corrected chi connectivity index (χ2v) is 4.80. The van der Waals surface area contributed by atoms with E-state index in [-0.39, 0.29) is 28.4 Å². The van der Waals surface area contributed by atoms with Crippen molar-refractivity contribution in [3.05, 3.63) is 53.6 Å². The van der Waals surface area contributed by atoms with Crippen molar-refractivity contribution < 1.29 is 30.0 Å². The summed E-state index contributed by atoms with van der Waals surface area (Å²) in [6, 6.07) is 9.84. The highest BCUT2D eigenvalue weighted by Gasteiger charge is 2.51. The van der Waals surface area contributed by atoms with Crippen molar-refractivity contribution >= 4 is 5.78 Å². The van der Waals surface area contributed by atoms with Crippen LogP contribution in [0.3, 0.4) is 0 Å². The lowest BCUT2D eigenvalue weighted by molar-refractivity contribution is -0.186. The average molecular weight is 288 g/mol. The predicted octanol–water partition coefficient (Wildman–Crippen LogP) is 1.10. The number of phenols is 2. The summed E-state index contributed by atoms with van der Waals surface area (Å²) in [5, 5.41) is 39.4. The van der Waals surface area contributed by atoms with Crippen LogP contribution in [0.1, 0.15) is 22.0 Å². The smallest absolute Gasteiger partial charge is 0.271 e. The molecule has 0 amide bonds. The quantitative estimate of drug-likeness (QED) is 0.585. The number of Topliss-reactive ketones (excluding diaryl/α,β-unsaturated/α-hetero) is 1. The van der Waals surface area contributed by atoms with Crippen molar-refractivity contribution in [1.29, 1.82) is 0 Å². The van der Waals surface area contributed by atoms with Gasteiger partial charge in [0.2, 0.25) is 5.78 Å². The third-order valence-corrected chi connectivity index (χ3v) is 3.35. The van der Waals surface area contributed by atoms with Crippen molar-refractivity contribution in [3.8, 4) is 17.2 Å². The predicted molar refractivity (Wildman–Crippen MR) is 71.1 cm³/mol. The highest BCUT2D eigenvalue weighted by molar-refractivity contribution is 6.07. The van der Waals surface area contributed by atoms with E-state index in [0.717, 1.165) is 0 Å². The van der Waals surface area contributed by atoms with E-state index in [1.165, 1.54) is 42.5 Å². The molecule has 3 rings (SSSR count). The molecule has 0 fully saturated rings. The van der Waals surface area contributed by atoms with Crippen molar-refractivity contribution in [3.63, 3.8) is 0 Å². The minimum Gasteiger partial charge on any atom is -0.508 e. The molecular weight excluding hydrogens is 276 g/mol. The summed E-state index contributed by atoms with van der Waals surface area (Å²) in [6.07, 6.45) is -1.41. The fourth-order valence-corrected chi connectivity index (χ4v) is 2.35. The second kappa shape index (κ2) is 4.47. The van der Waals surface area contributed by atoms with Gasteiger partial charge in [-0.3, -0.25) is 4.79 Å². The number of rotatable bonds is 1. The van der Waals surface area contributed by atoms with Gasteiger partial charge in [0.1, 0.15) is 22.8 Å². The van der Waals surface area contributed by atoms with E-state index in [4.69, 9.17) is 4.74 Å². The summed E-state index contributed by atoms with van der Waals surface area (Å²) in [7, 11) is 0. The minimum atomic E-state index is -2.85. The first-order valence-electron chi connectivity index (χ1n) is 6.18. The number of benzene rings is 2. The Kier molecular flexibility index (Phi) is 2.86. The molecular formula is C15H12O6. The van der Waals surface area contributed by atoms with Crippen LogP contribution in [0.4, 0.5) is 0 Å². The van der Waals surface area contributed by atoms with Gasteiger partial charge in [0.25, 0.3) is 5.79 Å². The Hall–Kier alpha value is -2.57. The first kappa shape index (κ1) is 13.4. The van der Waals surface area contributed by atoms with E-state index < -0.39 is 17.7 Å². The Morgan fingerprint density at radius 2 is 1.76 bits per heavy atom. The molecule has 4 N–H and O–H groups in total. The molecule has 21 heavy (non-hydrogen) atoms. The van der Waals surface area contributed by atoms with E-state index in [1.807, 2.05) is 0 Å². The largest absolute Gasteiger partial charge is 0.508 e. The Morgan fingerprint density at radius 3 is 2.48 bits per heavy atom. The first-order chi connectivity index (χ1) is 9.91.